The third-order valence-electron chi connectivity index (χ3n) is 2.65. The number of carbonyl (C=O) groups excluding carboxylic acids is 1. The SMILES string of the molecule is O=C(OCCC[C@H]1CCCO1)c1cccs1. The van der Waals surface area contributed by atoms with Gasteiger partial charge in [-0.1, -0.05) is 6.07 Å². The van der Waals surface area contributed by atoms with Crippen LogP contribution in [0.25, 0.3) is 0 Å². The van der Waals surface area contributed by atoms with Crippen LogP contribution in [-0.2, 0) is 9.47 Å². The highest BCUT2D eigenvalue weighted by Gasteiger charge is 2.15. The first-order valence-electron chi connectivity index (χ1n) is 5.68. The van der Waals surface area contributed by atoms with Crippen LogP contribution in [0.3, 0.4) is 0 Å². The molecular weight excluding hydrogens is 224 g/mol. The smallest absolute Gasteiger partial charge is 0.348 e. The molecule has 0 radical (unpaired) electrons. The first-order chi connectivity index (χ1) is 7.86. The largest absolute Gasteiger partial charge is 0.462 e. The number of thiophene rings is 1. The quantitative estimate of drug-likeness (QED) is 0.586. The number of rotatable bonds is 5. The molecule has 0 N–H and O–H groups in total. The number of esters is 1. The molecule has 0 saturated carbocycles. The predicted molar refractivity (Wildman–Crippen MR) is 62.8 cm³/mol. The fourth-order valence-electron chi connectivity index (χ4n) is 1.81. The second-order valence-corrected chi connectivity index (χ2v) is 4.84. The van der Waals surface area contributed by atoms with Crippen molar-refractivity contribution in [3.05, 3.63) is 22.4 Å². The molecule has 16 heavy (non-hydrogen) atoms. The molecule has 1 aliphatic heterocycles. The van der Waals surface area contributed by atoms with Crippen LogP contribution < -0.4 is 0 Å². The second kappa shape index (κ2) is 6.01. The molecule has 2 heterocycles. The van der Waals surface area contributed by atoms with E-state index in [-0.39, 0.29) is 5.97 Å². The van der Waals surface area contributed by atoms with Gasteiger partial charge in [0.05, 0.1) is 12.7 Å². The van der Waals surface area contributed by atoms with Gasteiger partial charge in [0.1, 0.15) is 4.88 Å². The predicted octanol–water partition coefficient (Wildman–Crippen LogP) is 2.86. The summed E-state index contributed by atoms with van der Waals surface area (Å²) in [5, 5.41) is 1.88. The molecule has 1 saturated heterocycles. The Kier molecular flexibility index (Phi) is 4.36. The Morgan fingerprint density at radius 3 is 3.25 bits per heavy atom. The summed E-state index contributed by atoms with van der Waals surface area (Å²) in [4.78, 5) is 12.1. The molecule has 0 spiro atoms. The minimum atomic E-state index is -0.206. The first-order valence-corrected chi connectivity index (χ1v) is 6.56. The second-order valence-electron chi connectivity index (χ2n) is 3.89. The van der Waals surface area contributed by atoms with Crippen LogP contribution in [0.5, 0.6) is 0 Å². The Balaban J connectivity index is 1.59. The summed E-state index contributed by atoms with van der Waals surface area (Å²) in [6.45, 7) is 1.39. The summed E-state index contributed by atoms with van der Waals surface area (Å²) < 4.78 is 10.7. The molecule has 0 unspecified atom stereocenters. The number of hydrogen-bond donors (Lipinski definition) is 0. The Morgan fingerprint density at radius 2 is 2.56 bits per heavy atom. The molecule has 0 amide bonds. The summed E-state index contributed by atoms with van der Waals surface area (Å²) in [6.07, 6.45) is 4.60. The first kappa shape index (κ1) is 11.6. The van der Waals surface area contributed by atoms with Crippen LogP contribution >= 0.6 is 11.3 Å². The van der Waals surface area contributed by atoms with Crippen molar-refractivity contribution in [2.75, 3.05) is 13.2 Å². The summed E-state index contributed by atoms with van der Waals surface area (Å²) in [5.74, 6) is -0.206. The van der Waals surface area contributed by atoms with Crippen molar-refractivity contribution in [2.24, 2.45) is 0 Å². The zero-order valence-electron chi connectivity index (χ0n) is 9.19. The summed E-state index contributed by atoms with van der Waals surface area (Å²) in [5.41, 5.74) is 0. The van der Waals surface area contributed by atoms with E-state index in [0.717, 1.165) is 25.9 Å². The molecule has 1 aromatic rings. The fraction of sp³-hybridized carbons (Fsp3) is 0.583. The van der Waals surface area contributed by atoms with E-state index in [1.54, 1.807) is 6.07 Å². The Labute approximate surface area is 99.4 Å². The van der Waals surface area contributed by atoms with Crippen molar-refractivity contribution in [1.82, 2.24) is 0 Å². The van der Waals surface area contributed by atoms with Crippen LogP contribution in [0.15, 0.2) is 17.5 Å². The summed E-state index contributed by atoms with van der Waals surface area (Å²) in [6, 6.07) is 3.64. The Bertz CT molecular complexity index is 315. The van der Waals surface area contributed by atoms with E-state index in [4.69, 9.17) is 9.47 Å². The monoisotopic (exact) mass is 240 g/mol. The molecule has 0 aliphatic carbocycles. The molecule has 0 bridgehead atoms. The van der Waals surface area contributed by atoms with Gasteiger partial charge in [0, 0.05) is 6.61 Å². The van der Waals surface area contributed by atoms with E-state index in [9.17, 15) is 4.79 Å². The molecular formula is C12H16O3S. The molecule has 1 atom stereocenters. The Hall–Kier alpha value is -0.870. The van der Waals surface area contributed by atoms with Crippen LogP contribution in [0.1, 0.15) is 35.4 Å². The zero-order valence-corrected chi connectivity index (χ0v) is 10.0. The molecule has 3 nitrogen and oxygen atoms in total. The average Bonchev–Trinajstić information content (AvgIpc) is 2.96. The third kappa shape index (κ3) is 3.32. The normalized spacial score (nSPS) is 19.9. The molecule has 1 fully saturated rings. The Morgan fingerprint density at radius 1 is 1.62 bits per heavy atom. The van der Waals surface area contributed by atoms with Crippen molar-refractivity contribution < 1.29 is 14.3 Å². The fourth-order valence-corrected chi connectivity index (χ4v) is 2.43. The van der Waals surface area contributed by atoms with Crippen LogP contribution in [0, 0.1) is 0 Å². The lowest BCUT2D eigenvalue weighted by atomic mass is 10.1. The lowest BCUT2D eigenvalue weighted by molar-refractivity contribution is 0.0466. The molecule has 1 aromatic heterocycles. The minimum Gasteiger partial charge on any atom is -0.462 e. The summed E-state index contributed by atoms with van der Waals surface area (Å²) in [7, 11) is 0. The minimum absolute atomic E-state index is 0.206. The molecule has 88 valence electrons. The summed E-state index contributed by atoms with van der Waals surface area (Å²) >= 11 is 1.42. The van der Waals surface area contributed by atoms with E-state index in [1.165, 1.54) is 17.8 Å². The van der Waals surface area contributed by atoms with Gasteiger partial charge in [0.15, 0.2) is 0 Å². The third-order valence-corrected chi connectivity index (χ3v) is 3.50. The number of carbonyl (C=O) groups is 1. The highest BCUT2D eigenvalue weighted by Crippen LogP contribution is 2.17. The van der Waals surface area contributed by atoms with E-state index < -0.39 is 0 Å². The average molecular weight is 240 g/mol. The van der Waals surface area contributed by atoms with Gasteiger partial charge in [0.2, 0.25) is 0 Å². The maximum absolute atomic E-state index is 11.5. The van der Waals surface area contributed by atoms with Gasteiger partial charge >= 0.3 is 5.97 Å². The van der Waals surface area contributed by atoms with Crippen LogP contribution in [0.2, 0.25) is 0 Å². The highest BCUT2D eigenvalue weighted by molar-refractivity contribution is 7.11. The zero-order chi connectivity index (χ0) is 11.2. The van der Waals surface area contributed by atoms with Crippen LogP contribution in [-0.4, -0.2) is 25.3 Å². The standard InChI is InChI=1S/C12H16O3S/c13-12(11-6-3-9-16-11)15-8-2-5-10-4-1-7-14-10/h3,6,9-10H,1-2,4-5,7-8H2/t10-/m1/s1. The van der Waals surface area contributed by atoms with Gasteiger partial charge in [-0.3, -0.25) is 0 Å². The van der Waals surface area contributed by atoms with E-state index in [2.05, 4.69) is 0 Å². The van der Waals surface area contributed by atoms with E-state index in [1.807, 2.05) is 11.4 Å². The van der Waals surface area contributed by atoms with Crippen molar-refractivity contribution in [3.8, 4) is 0 Å². The van der Waals surface area contributed by atoms with Gasteiger partial charge in [-0.15, -0.1) is 11.3 Å². The lowest BCUT2D eigenvalue weighted by Gasteiger charge is -2.08. The van der Waals surface area contributed by atoms with Gasteiger partial charge in [-0.05, 0) is 37.1 Å². The van der Waals surface area contributed by atoms with Gasteiger partial charge in [-0.2, -0.15) is 0 Å². The molecule has 1 aliphatic rings. The van der Waals surface area contributed by atoms with Gasteiger partial charge in [0.25, 0.3) is 0 Å². The van der Waals surface area contributed by atoms with Crippen LogP contribution in [0.4, 0.5) is 0 Å². The highest BCUT2D eigenvalue weighted by atomic mass is 32.1. The van der Waals surface area contributed by atoms with E-state index >= 15 is 0 Å². The van der Waals surface area contributed by atoms with Crippen molar-refractivity contribution >= 4 is 17.3 Å². The van der Waals surface area contributed by atoms with Crippen molar-refractivity contribution in [1.29, 1.82) is 0 Å². The number of hydrogen-bond acceptors (Lipinski definition) is 4. The van der Waals surface area contributed by atoms with Crippen molar-refractivity contribution in [3.63, 3.8) is 0 Å². The van der Waals surface area contributed by atoms with Gasteiger partial charge < -0.3 is 9.47 Å². The lowest BCUT2D eigenvalue weighted by Crippen LogP contribution is -2.09. The van der Waals surface area contributed by atoms with Gasteiger partial charge in [-0.25, -0.2) is 4.79 Å². The van der Waals surface area contributed by atoms with E-state index in [0.29, 0.717) is 17.6 Å². The molecule has 2 rings (SSSR count). The number of ether oxygens (including phenoxy) is 2. The molecule has 4 heteroatoms. The molecule has 0 aromatic carbocycles. The maximum Gasteiger partial charge on any atom is 0.348 e. The topological polar surface area (TPSA) is 35.5 Å². The maximum atomic E-state index is 11.5. The van der Waals surface area contributed by atoms with Crippen molar-refractivity contribution in [2.45, 2.75) is 31.8 Å².